The van der Waals surface area contributed by atoms with Crippen LogP contribution in [0.15, 0.2) is 77.9 Å². The minimum absolute atomic E-state index is 0.0764. The summed E-state index contributed by atoms with van der Waals surface area (Å²) in [5.41, 5.74) is 1.13. The van der Waals surface area contributed by atoms with Crippen LogP contribution < -0.4 is 10.9 Å². The van der Waals surface area contributed by atoms with E-state index in [-0.39, 0.29) is 29.8 Å². The molecule has 4 heterocycles. The van der Waals surface area contributed by atoms with Crippen LogP contribution in [0.2, 0.25) is 5.15 Å². The summed E-state index contributed by atoms with van der Waals surface area (Å²) in [4.78, 5) is 33.4. The van der Waals surface area contributed by atoms with Crippen molar-refractivity contribution in [2.24, 2.45) is 5.92 Å². The van der Waals surface area contributed by atoms with Crippen LogP contribution >= 0.6 is 11.6 Å². The van der Waals surface area contributed by atoms with E-state index in [9.17, 15) is 14.7 Å². The number of carbonyl (C=O) groups is 1. The molecular weight excluding hydrogens is 514 g/mol. The van der Waals surface area contributed by atoms with Gasteiger partial charge in [0.2, 0.25) is 5.91 Å². The molecule has 4 aromatic rings. The summed E-state index contributed by atoms with van der Waals surface area (Å²) in [6.07, 6.45) is 3.08. The van der Waals surface area contributed by atoms with Gasteiger partial charge in [0, 0.05) is 37.2 Å². The first-order valence-electron chi connectivity index (χ1n) is 13.5. The molecule has 2 atom stereocenters. The number of benzene rings is 2. The molecule has 2 fully saturated rings. The van der Waals surface area contributed by atoms with Gasteiger partial charge in [-0.3, -0.25) is 18.7 Å². The highest BCUT2D eigenvalue weighted by atomic mass is 35.5. The Kier molecular flexibility index (Phi) is 7.01. The second kappa shape index (κ2) is 10.6. The summed E-state index contributed by atoms with van der Waals surface area (Å²) in [5.74, 6) is 0.219. The predicted octanol–water partition coefficient (Wildman–Crippen LogP) is 3.59. The van der Waals surface area contributed by atoms with Crippen LogP contribution in [0.3, 0.4) is 0 Å². The van der Waals surface area contributed by atoms with Gasteiger partial charge in [-0.2, -0.15) is 0 Å². The van der Waals surface area contributed by atoms with Gasteiger partial charge in [0.15, 0.2) is 5.65 Å². The van der Waals surface area contributed by atoms with Crippen molar-refractivity contribution in [3.05, 3.63) is 94.1 Å². The lowest BCUT2D eigenvalue weighted by molar-refractivity contribution is -0.141. The van der Waals surface area contributed by atoms with Gasteiger partial charge >= 0.3 is 0 Å². The number of piperidine rings is 2. The highest BCUT2D eigenvalue weighted by molar-refractivity contribution is 6.31. The van der Waals surface area contributed by atoms with Crippen molar-refractivity contribution < 1.29 is 9.90 Å². The molecule has 0 unspecified atom stereocenters. The number of fused-ring (bicyclic) bond motifs is 1. The van der Waals surface area contributed by atoms with Crippen LogP contribution in [-0.4, -0.2) is 61.8 Å². The van der Waals surface area contributed by atoms with Crippen LogP contribution in [0, 0.1) is 5.92 Å². The first-order valence-corrected chi connectivity index (χ1v) is 13.9. The van der Waals surface area contributed by atoms with Gasteiger partial charge in [0.05, 0.1) is 17.5 Å². The molecule has 2 N–H and O–H groups in total. The minimum atomic E-state index is -1.10. The second-order valence-electron chi connectivity index (χ2n) is 10.7. The summed E-state index contributed by atoms with van der Waals surface area (Å²) in [6.45, 7) is 2.65. The van der Waals surface area contributed by atoms with E-state index in [2.05, 4.69) is 22.4 Å². The predicted molar refractivity (Wildman–Crippen MR) is 151 cm³/mol. The Morgan fingerprint density at radius 3 is 2.49 bits per heavy atom. The van der Waals surface area contributed by atoms with E-state index < -0.39 is 5.60 Å². The van der Waals surface area contributed by atoms with Gasteiger partial charge in [-0.25, -0.2) is 4.98 Å². The Morgan fingerprint density at radius 2 is 1.77 bits per heavy atom. The van der Waals surface area contributed by atoms with Gasteiger partial charge < -0.3 is 15.3 Å². The third kappa shape index (κ3) is 5.00. The maximum Gasteiger partial charge on any atom is 0.262 e. The Hall–Kier alpha value is -3.46. The van der Waals surface area contributed by atoms with E-state index in [1.165, 1.54) is 16.5 Å². The zero-order chi connectivity index (χ0) is 27.0. The number of halogens is 1. The summed E-state index contributed by atoms with van der Waals surface area (Å²) >= 11 is 6.49. The maximum atomic E-state index is 13.6. The Balaban J connectivity index is 1.16. The number of nitrogens with one attached hydrogen (secondary N) is 1. The molecule has 0 bridgehead atoms. The zero-order valence-corrected chi connectivity index (χ0v) is 22.4. The number of rotatable bonds is 5. The molecule has 39 heavy (non-hydrogen) atoms. The lowest BCUT2D eigenvalue weighted by Crippen LogP contribution is -2.52. The van der Waals surface area contributed by atoms with Gasteiger partial charge in [0.25, 0.3) is 5.56 Å². The number of para-hydroxylation sites is 1. The van der Waals surface area contributed by atoms with Crippen molar-refractivity contribution in [1.29, 1.82) is 0 Å². The summed E-state index contributed by atoms with van der Waals surface area (Å²) in [6, 6.07) is 21.4. The first-order chi connectivity index (χ1) is 18.9. The smallest absolute Gasteiger partial charge is 0.262 e. The highest BCUT2D eigenvalue weighted by Gasteiger charge is 2.39. The quantitative estimate of drug-likeness (QED) is 0.400. The van der Waals surface area contributed by atoms with Crippen molar-refractivity contribution in [2.45, 2.75) is 37.3 Å². The van der Waals surface area contributed by atoms with Crippen molar-refractivity contribution in [2.75, 3.05) is 26.2 Å². The average molecular weight is 546 g/mol. The van der Waals surface area contributed by atoms with E-state index in [0.29, 0.717) is 42.1 Å². The molecule has 6 rings (SSSR count). The minimum Gasteiger partial charge on any atom is -0.388 e. The van der Waals surface area contributed by atoms with Crippen LogP contribution in [-0.2, 0) is 11.3 Å². The molecule has 2 aliphatic rings. The fourth-order valence-corrected chi connectivity index (χ4v) is 6.37. The normalized spacial score (nSPS) is 21.2. The summed E-state index contributed by atoms with van der Waals surface area (Å²) in [7, 11) is 0. The van der Waals surface area contributed by atoms with Gasteiger partial charge in [-0.1, -0.05) is 60.1 Å². The van der Waals surface area contributed by atoms with E-state index in [4.69, 9.17) is 11.6 Å². The molecule has 0 spiro atoms. The molecule has 0 aliphatic carbocycles. The molecule has 2 aromatic heterocycles. The largest absolute Gasteiger partial charge is 0.388 e. The van der Waals surface area contributed by atoms with E-state index in [1.807, 2.05) is 53.4 Å². The van der Waals surface area contributed by atoms with Gasteiger partial charge in [0.1, 0.15) is 11.5 Å². The Labute approximate surface area is 231 Å². The highest BCUT2D eigenvalue weighted by Crippen LogP contribution is 2.33. The fraction of sp³-hybridized carbons (Fsp3) is 0.367. The van der Waals surface area contributed by atoms with E-state index in [0.717, 1.165) is 25.2 Å². The summed E-state index contributed by atoms with van der Waals surface area (Å²) < 4.78 is 3.20. The van der Waals surface area contributed by atoms with Crippen LogP contribution in [0.4, 0.5) is 0 Å². The topological polar surface area (TPSA) is 92.4 Å². The number of carbonyl (C=O) groups excluding carboxylic acids is 1. The zero-order valence-electron chi connectivity index (χ0n) is 21.7. The average Bonchev–Trinajstić information content (AvgIpc) is 3.32. The molecule has 0 saturated carbocycles. The molecule has 8 nitrogen and oxygen atoms in total. The second-order valence-corrected chi connectivity index (χ2v) is 11.1. The number of nitrogens with zero attached hydrogens (tertiary/aromatic N) is 4. The molecule has 0 radical (unpaired) electrons. The van der Waals surface area contributed by atoms with Gasteiger partial charge in [-0.05, 0) is 49.6 Å². The number of aliphatic hydroxyl groups is 1. The van der Waals surface area contributed by atoms with E-state index in [1.54, 1.807) is 10.6 Å². The van der Waals surface area contributed by atoms with E-state index >= 15 is 0 Å². The van der Waals surface area contributed by atoms with Crippen LogP contribution in [0.5, 0.6) is 0 Å². The molecule has 2 aromatic carbocycles. The van der Waals surface area contributed by atoms with Crippen molar-refractivity contribution in [3.63, 3.8) is 0 Å². The van der Waals surface area contributed by atoms with Crippen LogP contribution in [0.1, 0.15) is 30.7 Å². The first kappa shape index (κ1) is 25.8. The molecular formula is C30H32ClN5O3. The monoisotopic (exact) mass is 545 g/mol. The fourth-order valence-electron chi connectivity index (χ4n) is 6.08. The number of hydrogen-bond donors (Lipinski definition) is 2. The Bertz CT molecular complexity index is 1530. The van der Waals surface area contributed by atoms with Gasteiger partial charge in [-0.15, -0.1) is 0 Å². The number of hydrogen-bond acceptors (Lipinski definition) is 5. The lowest BCUT2D eigenvalue weighted by Gasteiger charge is -2.41. The molecule has 2 aliphatic heterocycles. The molecule has 1 amide bonds. The molecule has 2 saturated heterocycles. The SMILES string of the molecule is O=C([C@@H]1CCNC[C@H]1c1ccccc1)N1CCC(O)(Cn2cnc3c(cc(Cl)n3-c3ccccc3)c2=O)CC1. The number of aromatic nitrogens is 3. The van der Waals surface area contributed by atoms with Crippen molar-refractivity contribution in [3.8, 4) is 5.69 Å². The standard InChI is InChI=1S/C30H32ClN5O3/c31-26-17-24-27(36(26)22-9-5-2-6-10-22)33-20-35(29(24)38)19-30(39)12-15-34(16-13-30)28(37)23-11-14-32-18-25(23)21-7-3-1-4-8-21/h1-10,17,20,23,25,32,39H,11-16,18-19H2/t23-,25+/m1/s1. The third-order valence-corrected chi connectivity index (χ3v) is 8.53. The molecule has 9 heteroatoms. The molecule has 202 valence electrons. The third-order valence-electron chi connectivity index (χ3n) is 8.25. The number of likely N-dealkylation sites (tertiary alicyclic amines) is 1. The maximum absolute atomic E-state index is 13.6. The lowest BCUT2D eigenvalue weighted by atomic mass is 9.80. The number of amides is 1. The Morgan fingerprint density at radius 1 is 1.08 bits per heavy atom. The summed E-state index contributed by atoms with van der Waals surface area (Å²) in [5, 5.41) is 15.7. The van der Waals surface area contributed by atoms with Crippen LogP contribution in [0.25, 0.3) is 16.7 Å². The van der Waals surface area contributed by atoms with Crippen molar-refractivity contribution >= 4 is 28.5 Å². The van der Waals surface area contributed by atoms with Crippen molar-refractivity contribution in [1.82, 2.24) is 24.3 Å².